The van der Waals surface area contributed by atoms with Gasteiger partial charge in [0.05, 0.1) is 30.9 Å². The van der Waals surface area contributed by atoms with Crippen LogP contribution in [0.15, 0.2) is 18.2 Å². The van der Waals surface area contributed by atoms with Crippen molar-refractivity contribution in [1.82, 2.24) is 14.8 Å². The number of nitrogens with zero attached hydrogens (tertiary/aromatic N) is 4. The van der Waals surface area contributed by atoms with Gasteiger partial charge in [0.15, 0.2) is 5.75 Å². The number of halogens is 2. The molecule has 1 aromatic heterocycles. The lowest BCUT2D eigenvalue weighted by atomic mass is 10.0. The summed E-state index contributed by atoms with van der Waals surface area (Å²) in [5.74, 6) is -1.02. The SMILES string of the molecule is CC[C@H]1COCCN1c1nc(-c2c(F)cccc2OC(=O)OC(C)(C)C)c(Cl)c2c1C(=O)N1CCN(C(=O)OC(C)(C)C)C[C@@H]1CO2. The minimum Gasteiger partial charge on any atom is -0.489 e. The summed E-state index contributed by atoms with van der Waals surface area (Å²) in [6.45, 7) is 14.2. The fourth-order valence-corrected chi connectivity index (χ4v) is 6.05. The third kappa shape index (κ3) is 7.51. The van der Waals surface area contributed by atoms with E-state index in [4.69, 9.17) is 40.3 Å². The predicted molar refractivity (Wildman–Crippen MR) is 172 cm³/mol. The number of hydrogen-bond acceptors (Lipinski definition) is 10. The van der Waals surface area contributed by atoms with Crippen molar-refractivity contribution in [2.24, 2.45) is 0 Å². The van der Waals surface area contributed by atoms with Crippen LogP contribution in [0, 0.1) is 5.82 Å². The summed E-state index contributed by atoms with van der Waals surface area (Å²) in [7, 11) is 0. The number of morpholine rings is 1. The van der Waals surface area contributed by atoms with E-state index in [-0.39, 0.29) is 77.4 Å². The van der Waals surface area contributed by atoms with Gasteiger partial charge in [-0.25, -0.2) is 19.0 Å². The van der Waals surface area contributed by atoms with Gasteiger partial charge in [-0.3, -0.25) is 4.79 Å². The van der Waals surface area contributed by atoms with Crippen LogP contribution in [-0.4, -0.2) is 102 Å². The molecule has 2 aromatic rings. The second-order valence-electron chi connectivity index (χ2n) is 13.7. The molecule has 0 aliphatic carbocycles. The summed E-state index contributed by atoms with van der Waals surface area (Å²) >= 11 is 6.99. The van der Waals surface area contributed by atoms with Crippen LogP contribution < -0.4 is 14.4 Å². The molecule has 12 nitrogen and oxygen atoms in total. The molecule has 0 saturated carbocycles. The number of piperazine rings is 1. The highest BCUT2D eigenvalue weighted by Crippen LogP contribution is 2.47. The zero-order valence-corrected chi connectivity index (χ0v) is 28.6. The lowest BCUT2D eigenvalue weighted by molar-refractivity contribution is 0.000930. The lowest BCUT2D eigenvalue weighted by Gasteiger charge is -2.40. The number of carbonyl (C=O) groups is 3. The average molecular weight is 677 g/mol. The van der Waals surface area contributed by atoms with Gasteiger partial charge in [-0.15, -0.1) is 0 Å². The Morgan fingerprint density at radius 3 is 2.43 bits per heavy atom. The average Bonchev–Trinajstić information content (AvgIpc) is 3.12. The maximum atomic E-state index is 15.8. The number of hydrogen-bond donors (Lipinski definition) is 0. The van der Waals surface area contributed by atoms with Gasteiger partial charge in [-0.1, -0.05) is 24.6 Å². The van der Waals surface area contributed by atoms with E-state index < -0.39 is 35.3 Å². The fourth-order valence-electron chi connectivity index (χ4n) is 5.76. The van der Waals surface area contributed by atoms with Crippen molar-refractivity contribution in [3.05, 3.63) is 34.6 Å². The summed E-state index contributed by atoms with van der Waals surface area (Å²) in [5.41, 5.74) is -1.66. The van der Waals surface area contributed by atoms with E-state index >= 15 is 4.39 Å². The van der Waals surface area contributed by atoms with Crippen molar-refractivity contribution < 1.29 is 42.5 Å². The van der Waals surface area contributed by atoms with Crippen molar-refractivity contribution in [3.63, 3.8) is 0 Å². The van der Waals surface area contributed by atoms with Gasteiger partial charge in [-0.05, 0) is 60.1 Å². The second kappa shape index (κ2) is 13.3. The Kier molecular flexibility index (Phi) is 9.79. The number of carbonyl (C=O) groups excluding carboxylic acids is 3. The third-order valence-electron chi connectivity index (χ3n) is 7.87. The van der Waals surface area contributed by atoms with Crippen LogP contribution in [0.4, 0.5) is 19.8 Å². The molecule has 14 heteroatoms. The summed E-state index contributed by atoms with van der Waals surface area (Å²) in [6, 6.07) is 3.33. The smallest absolute Gasteiger partial charge is 0.489 e. The van der Waals surface area contributed by atoms with E-state index in [0.717, 1.165) is 0 Å². The summed E-state index contributed by atoms with van der Waals surface area (Å²) in [4.78, 5) is 50.0. The Hall–Kier alpha value is -3.84. The molecule has 47 heavy (non-hydrogen) atoms. The van der Waals surface area contributed by atoms with Crippen LogP contribution in [0.1, 0.15) is 65.2 Å². The number of amides is 2. The monoisotopic (exact) mass is 676 g/mol. The first-order valence-corrected chi connectivity index (χ1v) is 16.1. The number of aromatic nitrogens is 1. The van der Waals surface area contributed by atoms with E-state index in [9.17, 15) is 14.4 Å². The molecule has 0 unspecified atom stereocenters. The first-order chi connectivity index (χ1) is 22.1. The lowest BCUT2D eigenvalue weighted by Crippen LogP contribution is -2.58. The second-order valence-corrected chi connectivity index (χ2v) is 14.1. The largest absolute Gasteiger partial charge is 0.514 e. The van der Waals surface area contributed by atoms with E-state index in [1.165, 1.54) is 18.2 Å². The first kappa shape index (κ1) is 34.5. The molecule has 1 aromatic carbocycles. The summed E-state index contributed by atoms with van der Waals surface area (Å²) in [6.07, 6.45) is -0.842. The molecule has 2 saturated heterocycles. The molecule has 2 fully saturated rings. The van der Waals surface area contributed by atoms with Crippen molar-refractivity contribution >= 4 is 35.6 Å². The van der Waals surface area contributed by atoms with Crippen LogP contribution in [0.2, 0.25) is 5.02 Å². The topological polar surface area (TPSA) is 120 Å². The molecule has 3 aliphatic heterocycles. The minimum absolute atomic E-state index is 0.000490. The van der Waals surface area contributed by atoms with Crippen LogP contribution in [-0.2, 0) is 14.2 Å². The maximum absolute atomic E-state index is 15.8. The zero-order valence-electron chi connectivity index (χ0n) is 27.9. The van der Waals surface area contributed by atoms with Crippen LogP contribution in [0.25, 0.3) is 11.3 Å². The maximum Gasteiger partial charge on any atom is 0.514 e. The van der Waals surface area contributed by atoms with E-state index in [2.05, 4.69) is 0 Å². The van der Waals surface area contributed by atoms with Crippen LogP contribution in [0.5, 0.6) is 11.5 Å². The van der Waals surface area contributed by atoms with Crippen molar-refractivity contribution in [1.29, 1.82) is 0 Å². The number of benzene rings is 1. The number of anilines is 1. The van der Waals surface area contributed by atoms with E-state index in [1.807, 2.05) is 11.8 Å². The molecule has 256 valence electrons. The molecular formula is C33H42ClFN4O8. The van der Waals surface area contributed by atoms with Gasteiger partial charge in [0.2, 0.25) is 0 Å². The Bertz CT molecular complexity index is 1540. The molecule has 0 N–H and O–H groups in total. The minimum atomic E-state index is -1.03. The van der Waals surface area contributed by atoms with Gasteiger partial charge in [0, 0.05) is 26.2 Å². The third-order valence-corrected chi connectivity index (χ3v) is 8.22. The Morgan fingerprint density at radius 1 is 1.02 bits per heavy atom. The van der Waals surface area contributed by atoms with Crippen molar-refractivity contribution in [2.75, 3.05) is 50.9 Å². The zero-order chi connectivity index (χ0) is 34.3. The number of pyridine rings is 1. The highest BCUT2D eigenvalue weighted by Gasteiger charge is 2.42. The number of fused-ring (bicyclic) bond motifs is 2. The molecule has 2 atom stereocenters. The van der Waals surface area contributed by atoms with E-state index in [0.29, 0.717) is 26.2 Å². The molecule has 0 radical (unpaired) electrons. The van der Waals surface area contributed by atoms with Gasteiger partial charge in [0.25, 0.3) is 5.91 Å². The Labute approximate surface area is 279 Å². The Morgan fingerprint density at radius 2 is 1.74 bits per heavy atom. The summed E-state index contributed by atoms with van der Waals surface area (Å²) in [5, 5.41) is -0.124. The summed E-state index contributed by atoms with van der Waals surface area (Å²) < 4.78 is 44.2. The first-order valence-electron chi connectivity index (χ1n) is 15.8. The quantitative estimate of drug-likeness (QED) is 0.285. The van der Waals surface area contributed by atoms with E-state index in [1.54, 1.807) is 51.3 Å². The molecule has 2 amide bonds. The number of rotatable bonds is 4. The van der Waals surface area contributed by atoms with Crippen molar-refractivity contribution in [3.8, 4) is 22.8 Å². The van der Waals surface area contributed by atoms with Gasteiger partial charge >= 0.3 is 12.2 Å². The standard InChI is InChI=1S/C33H42ClFN4O8/c1-8-19-17-43-15-14-38(19)28-24-27(44-18-20-16-37(12-13-39(20)29(24)40)30(41)46-32(2,3)4)25(34)26(36-28)23-21(35)10-9-11-22(23)45-31(42)47-33(5,6)7/h9-11,19-20H,8,12-18H2,1-7H3/t19-,20+/m0/s1. The van der Waals surface area contributed by atoms with Crippen molar-refractivity contribution in [2.45, 2.75) is 78.2 Å². The van der Waals surface area contributed by atoms with Gasteiger partial charge < -0.3 is 38.4 Å². The molecule has 0 bridgehead atoms. The van der Waals surface area contributed by atoms with Crippen LogP contribution >= 0.6 is 11.6 Å². The molecule has 5 rings (SSSR count). The molecule has 0 spiro atoms. The van der Waals surface area contributed by atoms with Gasteiger partial charge in [-0.2, -0.15) is 0 Å². The normalized spacial score (nSPS) is 20.1. The molecule has 3 aliphatic rings. The highest BCUT2D eigenvalue weighted by molar-refractivity contribution is 6.35. The Balaban J connectivity index is 1.61. The van der Waals surface area contributed by atoms with Gasteiger partial charge in [0.1, 0.15) is 51.5 Å². The fraction of sp³-hybridized carbons (Fsp3) is 0.576. The highest BCUT2D eigenvalue weighted by atomic mass is 35.5. The molecule has 4 heterocycles. The molecular weight excluding hydrogens is 635 g/mol. The number of ether oxygens (including phenoxy) is 5. The predicted octanol–water partition coefficient (Wildman–Crippen LogP) is 5.92. The van der Waals surface area contributed by atoms with Crippen LogP contribution in [0.3, 0.4) is 0 Å².